The summed E-state index contributed by atoms with van der Waals surface area (Å²) >= 11 is 0. The summed E-state index contributed by atoms with van der Waals surface area (Å²) in [6, 6.07) is -0.409. The van der Waals surface area contributed by atoms with Crippen LogP contribution in [-0.2, 0) is 4.79 Å². The highest BCUT2D eigenvalue weighted by molar-refractivity contribution is 5.89. The Morgan fingerprint density at radius 1 is 1.29 bits per heavy atom. The molecule has 1 amide bonds. The van der Waals surface area contributed by atoms with Crippen molar-refractivity contribution in [2.75, 3.05) is 0 Å². The molecule has 1 saturated heterocycles. The van der Waals surface area contributed by atoms with E-state index in [1.165, 1.54) is 4.90 Å². The van der Waals surface area contributed by atoms with E-state index in [2.05, 4.69) is 0 Å². The number of hydrogen-bond acceptors (Lipinski definition) is 2. The first-order valence-corrected chi connectivity index (χ1v) is 6.36. The Labute approximate surface area is 102 Å². The molecule has 96 valence electrons. The second kappa shape index (κ2) is 4.00. The molecule has 4 heteroatoms. The van der Waals surface area contributed by atoms with Crippen LogP contribution in [-0.4, -0.2) is 34.0 Å². The van der Waals surface area contributed by atoms with Crippen molar-refractivity contribution in [3.63, 3.8) is 0 Å². The monoisotopic (exact) mass is 239 g/mol. The molecule has 3 unspecified atom stereocenters. The zero-order chi connectivity index (χ0) is 12.8. The maximum atomic E-state index is 11.9. The number of ketones is 1. The molecule has 1 N–H and O–H groups in total. The van der Waals surface area contributed by atoms with Gasteiger partial charge in [-0.25, -0.2) is 4.79 Å². The van der Waals surface area contributed by atoms with Crippen molar-refractivity contribution >= 4 is 11.9 Å². The largest absolute Gasteiger partial charge is 0.465 e. The Morgan fingerprint density at radius 2 is 1.94 bits per heavy atom. The van der Waals surface area contributed by atoms with Crippen LogP contribution in [0.2, 0.25) is 0 Å². The Kier molecular flexibility index (Phi) is 2.92. The van der Waals surface area contributed by atoms with Crippen molar-refractivity contribution in [2.45, 2.75) is 58.5 Å². The summed E-state index contributed by atoms with van der Waals surface area (Å²) in [4.78, 5) is 24.8. The molecule has 0 aromatic rings. The quantitative estimate of drug-likeness (QED) is 0.706. The lowest BCUT2D eigenvalue weighted by atomic mass is 9.76. The van der Waals surface area contributed by atoms with Gasteiger partial charge in [-0.1, -0.05) is 20.8 Å². The van der Waals surface area contributed by atoms with Gasteiger partial charge in [0.25, 0.3) is 0 Å². The third kappa shape index (κ3) is 2.05. The van der Waals surface area contributed by atoms with Gasteiger partial charge in [0.1, 0.15) is 0 Å². The van der Waals surface area contributed by atoms with E-state index in [4.69, 9.17) is 0 Å². The average Bonchev–Trinajstić information content (AvgIpc) is 2.58. The summed E-state index contributed by atoms with van der Waals surface area (Å²) in [6.45, 7) is 6.15. The van der Waals surface area contributed by atoms with Gasteiger partial charge < -0.3 is 5.11 Å². The molecule has 1 aliphatic heterocycles. The first-order chi connectivity index (χ1) is 7.82. The Morgan fingerprint density at radius 3 is 2.47 bits per heavy atom. The lowest BCUT2D eigenvalue weighted by Gasteiger charge is -2.47. The van der Waals surface area contributed by atoms with Gasteiger partial charge in [-0.15, -0.1) is 0 Å². The standard InChI is InChI=1S/C13H21NO3/c1-13(2,3)10-7-5-8-4-6-9(15)11(8)14(10)12(16)17/h8,10-11H,4-7H2,1-3H3,(H,16,17). The van der Waals surface area contributed by atoms with Crippen LogP contribution in [0.15, 0.2) is 0 Å². The summed E-state index contributed by atoms with van der Waals surface area (Å²) in [5.41, 5.74) is -0.105. The van der Waals surface area contributed by atoms with Crippen molar-refractivity contribution in [3.8, 4) is 0 Å². The van der Waals surface area contributed by atoms with E-state index in [0.717, 1.165) is 19.3 Å². The van der Waals surface area contributed by atoms with Crippen LogP contribution in [0.4, 0.5) is 4.79 Å². The average molecular weight is 239 g/mol. The molecule has 1 aliphatic carbocycles. The molecule has 17 heavy (non-hydrogen) atoms. The molecule has 1 heterocycles. The van der Waals surface area contributed by atoms with Gasteiger partial charge in [0, 0.05) is 12.5 Å². The molecular formula is C13H21NO3. The summed E-state index contributed by atoms with van der Waals surface area (Å²) < 4.78 is 0. The minimum atomic E-state index is -0.935. The van der Waals surface area contributed by atoms with Crippen LogP contribution in [0.3, 0.4) is 0 Å². The highest BCUT2D eigenvalue weighted by Crippen LogP contribution is 2.42. The zero-order valence-electron chi connectivity index (χ0n) is 10.8. The normalized spacial score (nSPS) is 33.7. The maximum absolute atomic E-state index is 11.9. The molecule has 2 fully saturated rings. The first-order valence-electron chi connectivity index (χ1n) is 6.36. The Balaban J connectivity index is 2.32. The molecule has 0 aromatic heterocycles. The van der Waals surface area contributed by atoms with Crippen molar-refractivity contribution in [1.29, 1.82) is 0 Å². The van der Waals surface area contributed by atoms with Gasteiger partial charge in [0.05, 0.1) is 6.04 Å². The van der Waals surface area contributed by atoms with E-state index < -0.39 is 6.09 Å². The summed E-state index contributed by atoms with van der Waals surface area (Å²) in [6.07, 6.45) is 2.35. The van der Waals surface area contributed by atoms with Crippen LogP contribution in [0.1, 0.15) is 46.5 Å². The number of rotatable bonds is 0. The molecule has 0 spiro atoms. The van der Waals surface area contributed by atoms with Crippen molar-refractivity contribution in [2.24, 2.45) is 11.3 Å². The third-order valence-electron chi connectivity index (χ3n) is 4.20. The van der Waals surface area contributed by atoms with Crippen LogP contribution in [0.5, 0.6) is 0 Å². The predicted octanol–water partition coefficient (Wildman–Crippen LogP) is 2.52. The fourth-order valence-electron chi connectivity index (χ4n) is 3.39. The molecule has 2 aliphatic rings. The Hall–Kier alpha value is -1.06. The van der Waals surface area contributed by atoms with Gasteiger partial charge >= 0.3 is 6.09 Å². The molecule has 4 nitrogen and oxygen atoms in total. The van der Waals surface area contributed by atoms with E-state index >= 15 is 0 Å². The number of Topliss-reactive ketones (excluding diaryl/α,β-unsaturated/α-hetero) is 1. The summed E-state index contributed by atoms with van der Waals surface area (Å²) in [5, 5.41) is 9.41. The number of likely N-dealkylation sites (tertiary alicyclic amines) is 1. The summed E-state index contributed by atoms with van der Waals surface area (Å²) in [7, 11) is 0. The highest BCUT2D eigenvalue weighted by atomic mass is 16.4. The van der Waals surface area contributed by atoms with Crippen LogP contribution in [0.25, 0.3) is 0 Å². The molecule has 2 rings (SSSR count). The number of piperidine rings is 1. The topological polar surface area (TPSA) is 57.6 Å². The van der Waals surface area contributed by atoms with E-state index in [1.807, 2.05) is 20.8 Å². The first kappa shape index (κ1) is 12.4. The Bertz CT molecular complexity index is 345. The van der Waals surface area contributed by atoms with E-state index in [0.29, 0.717) is 6.42 Å². The molecule has 1 saturated carbocycles. The lowest BCUT2D eigenvalue weighted by Crippen LogP contribution is -2.58. The second-order valence-electron chi connectivity index (χ2n) is 6.36. The summed E-state index contributed by atoms with van der Waals surface area (Å²) in [5.74, 6) is 0.378. The number of amides is 1. The van der Waals surface area contributed by atoms with E-state index in [9.17, 15) is 14.7 Å². The maximum Gasteiger partial charge on any atom is 0.408 e. The number of hydrogen-bond donors (Lipinski definition) is 1. The molecular weight excluding hydrogens is 218 g/mol. The van der Waals surface area contributed by atoms with Gasteiger partial charge in [-0.2, -0.15) is 0 Å². The van der Waals surface area contributed by atoms with Gasteiger partial charge in [-0.05, 0) is 30.6 Å². The van der Waals surface area contributed by atoms with Gasteiger partial charge in [-0.3, -0.25) is 9.69 Å². The number of carbonyl (C=O) groups excluding carboxylic acids is 1. The SMILES string of the molecule is CC(C)(C)C1CCC2CCC(=O)C2N1C(=O)O. The van der Waals surface area contributed by atoms with Crippen LogP contribution >= 0.6 is 0 Å². The fraction of sp³-hybridized carbons (Fsp3) is 0.846. The lowest BCUT2D eigenvalue weighted by molar-refractivity contribution is -0.125. The predicted molar refractivity (Wildman–Crippen MR) is 63.9 cm³/mol. The third-order valence-corrected chi connectivity index (χ3v) is 4.20. The minimum absolute atomic E-state index is 0.0386. The molecule has 0 aromatic carbocycles. The van der Waals surface area contributed by atoms with E-state index in [1.54, 1.807) is 0 Å². The number of carboxylic acid groups (broad SMARTS) is 1. The van der Waals surface area contributed by atoms with Gasteiger partial charge in [0.15, 0.2) is 5.78 Å². The minimum Gasteiger partial charge on any atom is -0.465 e. The zero-order valence-corrected chi connectivity index (χ0v) is 10.8. The number of fused-ring (bicyclic) bond motifs is 1. The van der Waals surface area contributed by atoms with Crippen LogP contribution in [0, 0.1) is 11.3 Å². The van der Waals surface area contributed by atoms with Crippen molar-refractivity contribution < 1.29 is 14.7 Å². The van der Waals surface area contributed by atoms with E-state index in [-0.39, 0.29) is 29.2 Å². The highest BCUT2D eigenvalue weighted by Gasteiger charge is 2.49. The molecule has 0 radical (unpaired) electrons. The molecule has 3 atom stereocenters. The van der Waals surface area contributed by atoms with Gasteiger partial charge in [0.2, 0.25) is 0 Å². The smallest absolute Gasteiger partial charge is 0.408 e. The second-order valence-corrected chi connectivity index (χ2v) is 6.36. The number of carbonyl (C=O) groups is 2. The van der Waals surface area contributed by atoms with Crippen LogP contribution < -0.4 is 0 Å². The fourth-order valence-corrected chi connectivity index (χ4v) is 3.39. The molecule has 0 bridgehead atoms. The van der Waals surface area contributed by atoms with Crippen molar-refractivity contribution in [1.82, 2.24) is 4.90 Å². The number of nitrogens with zero attached hydrogens (tertiary/aromatic N) is 1. The van der Waals surface area contributed by atoms with Crippen molar-refractivity contribution in [3.05, 3.63) is 0 Å².